The molecule has 2 nitrogen and oxygen atoms in total. The molecule has 0 aliphatic carbocycles. The minimum absolute atomic E-state index is 0.155. The average Bonchev–Trinajstić information content (AvgIpc) is 2.40. The second-order valence-corrected chi connectivity index (χ2v) is 4.99. The first-order valence-corrected chi connectivity index (χ1v) is 7.67. The Kier molecular flexibility index (Phi) is 12.6. The van der Waals surface area contributed by atoms with Gasteiger partial charge in [-0.25, -0.2) is 4.79 Å². The second-order valence-electron chi connectivity index (χ2n) is 4.68. The van der Waals surface area contributed by atoms with Crippen LogP contribution in [0.3, 0.4) is 0 Å². The van der Waals surface area contributed by atoms with Gasteiger partial charge in [0.25, 0.3) is 0 Å². The van der Waals surface area contributed by atoms with Crippen LogP contribution in [-0.4, -0.2) is 18.0 Å². The normalized spacial score (nSPS) is 12.1. The van der Waals surface area contributed by atoms with Crippen molar-refractivity contribution < 1.29 is 9.53 Å². The van der Waals surface area contributed by atoms with E-state index in [1.807, 2.05) is 0 Å². The van der Waals surface area contributed by atoms with Gasteiger partial charge in [0, 0.05) is 6.08 Å². The van der Waals surface area contributed by atoms with Gasteiger partial charge in [-0.15, -0.1) is 11.6 Å². The molecule has 0 rings (SSSR count). The summed E-state index contributed by atoms with van der Waals surface area (Å²) in [7, 11) is 0. The van der Waals surface area contributed by atoms with Crippen molar-refractivity contribution in [2.75, 3.05) is 5.88 Å². The van der Waals surface area contributed by atoms with Crippen LogP contribution in [0.1, 0.15) is 64.7 Å². The fraction of sp³-hybridized carbons (Fsp3) is 0.800. The second kappa shape index (κ2) is 12.9. The molecule has 0 N–H and O–H groups in total. The molecule has 0 heterocycles. The fourth-order valence-electron chi connectivity index (χ4n) is 1.89. The third-order valence-corrected chi connectivity index (χ3v) is 3.35. The van der Waals surface area contributed by atoms with Gasteiger partial charge in [-0.3, -0.25) is 0 Å². The lowest BCUT2D eigenvalue weighted by Gasteiger charge is -2.13. The zero-order valence-corrected chi connectivity index (χ0v) is 12.4. The largest absolute Gasteiger partial charge is 0.458 e. The van der Waals surface area contributed by atoms with Gasteiger partial charge in [-0.1, -0.05) is 58.4 Å². The highest BCUT2D eigenvalue weighted by Crippen LogP contribution is 2.12. The predicted molar refractivity (Wildman–Crippen MR) is 78.0 cm³/mol. The molecule has 106 valence electrons. The molecule has 0 aromatic carbocycles. The summed E-state index contributed by atoms with van der Waals surface area (Å²) in [5, 5.41) is 0. The van der Waals surface area contributed by atoms with Crippen molar-refractivity contribution in [3.63, 3.8) is 0 Å². The number of hydrogen-bond acceptors (Lipinski definition) is 2. The first-order valence-electron chi connectivity index (χ1n) is 7.13. The lowest BCUT2D eigenvalue weighted by Crippen LogP contribution is -2.18. The van der Waals surface area contributed by atoms with E-state index in [0.29, 0.717) is 5.88 Å². The first-order chi connectivity index (χ1) is 8.74. The molecule has 0 saturated heterocycles. The monoisotopic (exact) mass is 274 g/mol. The van der Waals surface area contributed by atoms with E-state index in [4.69, 9.17) is 16.3 Å². The van der Waals surface area contributed by atoms with Crippen LogP contribution in [0.4, 0.5) is 0 Å². The molecule has 1 atom stereocenters. The Balaban J connectivity index is 3.39. The van der Waals surface area contributed by atoms with E-state index >= 15 is 0 Å². The Hall–Kier alpha value is -0.500. The molecule has 0 spiro atoms. The molecule has 0 aromatic rings. The first kappa shape index (κ1) is 17.5. The molecular weight excluding hydrogens is 248 g/mol. The molecule has 0 saturated carbocycles. The number of carbonyl (C=O) groups excluding carboxylic acids is 1. The average molecular weight is 275 g/mol. The van der Waals surface area contributed by atoms with E-state index < -0.39 is 0 Å². The molecule has 0 aliphatic rings. The summed E-state index contributed by atoms with van der Waals surface area (Å²) < 4.78 is 5.12. The summed E-state index contributed by atoms with van der Waals surface area (Å²) in [5.74, 6) is -0.00369. The molecule has 0 aromatic heterocycles. The van der Waals surface area contributed by atoms with E-state index in [-0.39, 0.29) is 12.1 Å². The van der Waals surface area contributed by atoms with E-state index in [1.165, 1.54) is 51.0 Å². The Morgan fingerprint density at radius 2 is 1.72 bits per heavy atom. The Bertz CT molecular complexity index is 217. The van der Waals surface area contributed by atoms with Crippen molar-refractivity contribution in [2.24, 2.45) is 0 Å². The highest BCUT2D eigenvalue weighted by molar-refractivity contribution is 6.18. The molecule has 0 amide bonds. The molecule has 1 unspecified atom stereocenters. The maximum absolute atomic E-state index is 11.0. The number of unbranched alkanes of at least 4 members (excludes halogenated alkanes) is 7. The lowest BCUT2D eigenvalue weighted by molar-refractivity contribution is -0.142. The van der Waals surface area contributed by atoms with Gasteiger partial charge in [0.05, 0.1) is 5.88 Å². The van der Waals surface area contributed by atoms with Crippen LogP contribution in [0.5, 0.6) is 0 Å². The summed E-state index contributed by atoms with van der Waals surface area (Å²) in [6, 6.07) is 0. The number of ether oxygens (including phenoxy) is 1. The van der Waals surface area contributed by atoms with Gasteiger partial charge in [0.15, 0.2) is 0 Å². The molecule has 18 heavy (non-hydrogen) atoms. The van der Waals surface area contributed by atoms with Crippen molar-refractivity contribution in [2.45, 2.75) is 70.8 Å². The maximum Gasteiger partial charge on any atom is 0.330 e. The highest BCUT2D eigenvalue weighted by atomic mass is 35.5. The number of rotatable bonds is 12. The van der Waals surface area contributed by atoms with Crippen LogP contribution >= 0.6 is 11.6 Å². The molecule has 0 aliphatic heterocycles. The maximum atomic E-state index is 11.0. The van der Waals surface area contributed by atoms with Gasteiger partial charge in [0.2, 0.25) is 0 Å². The van der Waals surface area contributed by atoms with Crippen LogP contribution in [0.15, 0.2) is 12.7 Å². The van der Waals surface area contributed by atoms with E-state index in [2.05, 4.69) is 13.5 Å². The van der Waals surface area contributed by atoms with Gasteiger partial charge in [-0.05, 0) is 12.8 Å². The fourth-order valence-corrected chi connectivity index (χ4v) is 2.10. The third-order valence-electron chi connectivity index (χ3n) is 3.00. The van der Waals surface area contributed by atoms with Gasteiger partial charge < -0.3 is 4.74 Å². The predicted octanol–water partition coefficient (Wildman–Crippen LogP) is 4.85. The highest BCUT2D eigenvalue weighted by Gasteiger charge is 2.10. The van der Waals surface area contributed by atoms with Gasteiger partial charge in [0.1, 0.15) is 6.10 Å². The van der Waals surface area contributed by atoms with Crippen LogP contribution < -0.4 is 0 Å². The number of hydrogen-bond donors (Lipinski definition) is 0. The number of esters is 1. The summed E-state index contributed by atoms with van der Waals surface area (Å²) in [4.78, 5) is 11.0. The molecule has 0 radical (unpaired) electrons. The van der Waals surface area contributed by atoms with Crippen LogP contribution in [-0.2, 0) is 9.53 Å². The SMILES string of the molecule is C=CC(=O)OC(CCl)CCCCCCCCCC. The van der Waals surface area contributed by atoms with Crippen LogP contribution in [0.25, 0.3) is 0 Å². The Morgan fingerprint density at radius 3 is 2.22 bits per heavy atom. The molecule has 0 fully saturated rings. The van der Waals surface area contributed by atoms with Crippen molar-refractivity contribution >= 4 is 17.6 Å². The zero-order valence-electron chi connectivity index (χ0n) is 11.6. The quantitative estimate of drug-likeness (QED) is 0.220. The zero-order chi connectivity index (χ0) is 13.6. The third kappa shape index (κ3) is 10.6. The van der Waals surface area contributed by atoms with E-state index in [0.717, 1.165) is 12.8 Å². The Morgan fingerprint density at radius 1 is 1.17 bits per heavy atom. The van der Waals surface area contributed by atoms with Crippen LogP contribution in [0, 0.1) is 0 Å². The van der Waals surface area contributed by atoms with Gasteiger partial charge >= 0.3 is 5.97 Å². The van der Waals surface area contributed by atoms with E-state index in [1.54, 1.807) is 0 Å². The number of halogens is 1. The summed E-state index contributed by atoms with van der Waals surface area (Å²) in [6.45, 7) is 5.61. The summed E-state index contributed by atoms with van der Waals surface area (Å²) in [5.41, 5.74) is 0. The molecular formula is C15H27ClO2. The topological polar surface area (TPSA) is 26.3 Å². The molecule has 3 heteroatoms. The summed E-state index contributed by atoms with van der Waals surface area (Å²) >= 11 is 5.75. The van der Waals surface area contributed by atoms with E-state index in [9.17, 15) is 4.79 Å². The standard InChI is InChI=1S/C15H27ClO2/c1-3-5-6-7-8-9-10-11-12-14(13-16)18-15(17)4-2/h4,14H,2-3,5-13H2,1H3. The molecule has 0 bridgehead atoms. The number of alkyl halides is 1. The van der Waals surface area contributed by atoms with Crippen molar-refractivity contribution in [3.8, 4) is 0 Å². The van der Waals surface area contributed by atoms with Crippen molar-refractivity contribution in [1.29, 1.82) is 0 Å². The van der Waals surface area contributed by atoms with Gasteiger partial charge in [-0.2, -0.15) is 0 Å². The minimum Gasteiger partial charge on any atom is -0.458 e. The van der Waals surface area contributed by atoms with Crippen molar-refractivity contribution in [1.82, 2.24) is 0 Å². The lowest BCUT2D eigenvalue weighted by atomic mass is 10.1. The Labute approximate surface area is 117 Å². The summed E-state index contributed by atoms with van der Waals surface area (Å²) in [6.07, 6.45) is 12.1. The number of carbonyl (C=O) groups is 1. The van der Waals surface area contributed by atoms with Crippen molar-refractivity contribution in [3.05, 3.63) is 12.7 Å². The smallest absolute Gasteiger partial charge is 0.330 e. The minimum atomic E-state index is -0.375. The van der Waals surface area contributed by atoms with Crippen LogP contribution in [0.2, 0.25) is 0 Å².